The number of piperidine rings is 1. The van der Waals surface area contributed by atoms with Crippen LogP contribution in [0.1, 0.15) is 35.7 Å². The minimum atomic E-state index is -0.187. The van der Waals surface area contributed by atoms with Crippen LogP contribution < -0.4 is 19.7 Å². The zero-order valence-corrected chi connectivity index (χ0v) is 20.4. The van der Waals surface area contributed by atoms with Gasteiger partial charge in [0.1, 0.15) is 6.10 Å². The van der Waals surface area contributed by atoms with Crippen molar-refractivity contribution in [2.24, 2.45) is 0 Å². The SMILES string of the molecule is CCOc1ccccc1OC1CCCN(c2ncc(C(=O)NCc3cccc(SC)c3)cn2)C1. The van der Waals surface area contributed by atoms with Crippen LogP contribution in [0.15, 0.2) is 65.8 Å². The quantitative estimate of drug-likeness (QED) is 0.451. The number of para-hydroxylation sites is 2. The van der Waals surface area contributed by atoms with Crippen LogP contribution in [0.2, 0.25) is 0 Å². The second-order valence-corrected chi connectivity index (χ2v) is 8.89. The third-order valence-electron chi connectivity index (χ3n) is 5.59. The molecule has 1 saturated heterocycles. The van der Waals surface area contributed by atoms with Crippen molar-refractivity contribution < 1.29 is 14.3 Å². The summed E-state index contributed by atoms with van der Waals surface area (Å²) in [5, 5.41) is 2.94. The minimum Gasteiger partial charge on any atom is -0.490 e. The maximum Gasteiger partial charge on any atom is 0.254 e. The summed E-state index contributed by atoms with van der Waals surface area (Å²) in [7, 11) is 0. The van der Waals surface area contributed by atoms with Crippen LogP contribution >= 0.6 is 11.8 Å². The fourth-order valence-corrected chi connectivity index (χ4v) is 4.37. The lowest BCUT2D eigenvalue weighted by Gasteiger charge is -2.33. The molecule has 0 saturated carbocycles. The summed E-state index contributed by atoms with van der Waals surface area (Å²) in [5.41, 5.74) is 1.50. The molecular formula is C26H30N4O3S. The average Bonchev–Trinajstić information content (AvgIpc) is 2.89. The Balaban J connectivity index is 1.34. The highest BCUT2D eigenvalue weighted by Gasteiger charge is 2.24. The molecule has 1 aliphatic heterocycles. The molecule has 1 aromatic heterocycles. The number of amides is 1. The van der Waals surface area contributed by atoms with Crippen LogP contribution in [-0.2, 0) is 6.54 Å². The third kappa shape index (κ3) is 6.20. The van der Waals surface area contributed by atoms with Gasteiger partial charge in [-0.25, -0.2) is 9.97 Å². The van der Waals surface area contributed by atoms with Crippen molar-refractivity contribution in [1.82, 2.24) is 15.3 Å². The van der Waals surface area contributed by atoms with Crippen LogP contribution in [0.4, 0.5) is 5.95 Å². The van der Waals surface area contributed by atoms with E-state index in [1.54, 1.807) is 24.2 Å². The fraction of sp³-hybridized carbons (Fsp3) is 0.346. The van der Waals surface area contributed by atoms with Crippen molar-refractivity contribution in [2.45, 2.75) is 37.3 Å². The smallest absolute Gasteiger partial charge is 0.254 e. The molecule has 0 aliphatic carbocycles. The van der Waals surface area contributed by atoms with Gasteiger partial charge < -0.3 is 19.7 Å². The molecule has 0 spiro atoms. The molecule has 1 amide bonds. The highest BCUT2D eigenvalue weighted by molar-refractivity contribution is 7.98. The molecule has 0 radical (unpaired) electrons. The number of anilines is 1. The number of carbonyl (C=O) groups excluding carboxylic acids is 1. The monoisotopic (exact) mass is 478 g/mol. The van der Waals surface area contributed by atoms with Crippen LogP contribution in [0, 0.1) is 0 Å². The van der Waals surface area contributed by atoms with Gasteiger partial charge in [-0.1, -0.05) is 24.3 Å². The molecule has 1 aliphatic rings. The average molecular weight is 479 g/mol. The van der Waals surface area contributed by atoms with E-state index in [-0.39, 0.29) is 12.0 Å². The molecule has 2 aromatic carbocycles. The number of aromatic nitrogens is 2. The molecule has 178 valence electrons. The Bertz CT molecular complexity index is 1090. The van der Waals surface area contributed by atoms with Crippen molar-refractivity contribution >= 4 is 23.6 Å². The first kappa shape index (κ1) is 23.9. The summed E-state index contributed by atoms with van der Waals surface area (Å²) in [6.07, 6.45) is 7.15. The van der Waals surface area contributed by atoms with E-state index in [1.807, 2.05) is 49.6 Å². The van der Waals surface area contributed by atoms with Crippen molar-refractivity contribution in [2.75, 3.05) is 30.9 Å². The maximum absolute atomic E-state index is 12.6. The van der Waals surface area contributed by atoms with Gasteiger partial charge in [0, 0.05) is 30.4 Å². The number of rotatable bonds is 9. The number of hydrogen-bond donors (Lipinski definition) is 1. The van der Waals surface area contributed by atoms with E-state index >= 15 is 0 Å². The van der Waals surface area contributed by atoms with E-state index in [1.165, 1.54) is 4.90 Å². The molecule has 8 heteroatoms. The number of benzene rings is 2. The van der Waals surface area contributed by atoms with Gasteiger partial charge in [0.15, 0.2) is 11.5 Å². The van der Waals surface area contributed by atoms with Crippen molar-refractivity contribution in [3.63, 3.8) is 0 Å². The normalized spacial score (nSPS) is 15.6. The molecule has 0 bridgehead atoms. The summed E-state index contributed by atoms with van der Waals surface area (Å²) in [5.74, 6) is 1.94. The Kier molecular flexibility index (Phi) is 8.25. The highest BCUT2D eigenvalue weighted by Crippen LogP contribution is 2.29. The van der Waals surface area contributed by atoms with Gasteiger partial charge in [0.2, 0.25) is 5.95 Å². The van der Waals surface area contributed by atoms with E-state index in [2.05, 4.69) is 32.3 Å². The van der Waals surface area contributed by atoms with Crippen molar-refractivity contribution in [3.05, 3.63) is 72.1 Å². The summed E-state index contributed by atoms with van der Waals surface area (Å²) in [6, 6.07) is 15.9. The van der Waals surface area contributed by atoms with Crippen molar-refractivity contribution in [1.29, 1.82) is 0 Å². The molecule has 4 rings (SSSR count). The van der Waals surface area contributed by atoms with E-state index in [0.717, 1.165) is 36.4 Å². The maximum atomic E-state index is 12.6. The minimum absolute atomic E-state index is 0.0129. The predicted octanol–water partition coefficient (Wildman–Crippen LogP) is 4.58. The number of carbonyl (C=O) groups is 1. The molecule has 2 heterocycles. The number of nitrogens with zero attached hydrogens (tertiary/aromatic N) is 3. The van der Waals surface area contributed by atoms with Crippen molar-refractivity contribution in [3.8, 4) is 11.5 Å². The first-order valence-corrected chi connectivity index (χ1v) is 12.8. The summed E-state index contributed by atoms with van der Waals surface area (Å²) in [6.45, 7) is 4.55. The van der Waals surface area contributed by atoms with Gasteiger partial charge in [-0.15, -0.1) is 11.8 Å². The Hall–Kier alpha value is -3.26. The zero-order chi connectivity index (χ0) is 23.8. The van der Waals surface area contributed by atoms with Gasteiger partial charge in [-0.05, 0) is 55.9 Å². The van der Waals surface area contributed by atoms with E-state index < -0.39 is 0 Å². The molecule has 3 aromatic rings. The second-order valence-electron chi connectivity index (χ2n) is 8.01. The topological polar surface area (TPSA) is 76.6 Å². The third-order valence-corrected chi connectivity index (χ3v) is 6.32. The number of hydrogen-bond acceptors (Lipinski definition) is 7. The lowest BCUT2D eigenvalue weighted by Crippen LogP contribution is -2.42. The van der Waals surface area contributed by atoms with Gasteiger partial charge in [0.05, 0.1) is 18.7 Å². The lowest BCUT2D eigenvalue weighted by molar-refractivity contribution is 0.0950. The first-order chi connectivity index (χ1) is 16.7. The Morgan fingerprint density at radius 2 is 1.94 bits per heavy atom. The predicted molar refractivity (Wildman–Crippen MR) is 135 cm³/mol. The molecule has 7 nitrogen and oxygen atoms in total. The van der Waals surface area contributed by atoms with E-state index in [9.17, 15) is 4.79 Å². The summed E-state index contributed by atoms with van der Waals surface area (Å²) in [4.78, 5) is 24.8. The second kappa shape index (κ2) is 11.7. The van der Waals surface area contributed by atoms with Gasteiger partial charge in [-0.2, -0.15) is 0 Å². The molecular weight excluding hydrogens is 448 g/mol. The van der Waals surface area contributed by atoms with Crippen LogP contribution in [0.25, 0.3) is 0 Å². The van der Waals surface area contributed by atoms with Gasteiger partial charge in [0.25, 0.3) is 5.91 Å². The standard InChI is InChI=1S/C26H30N4O3S/c1-3-32-23-11-4-5-12-24(23)33-21-9-7-13-30(18-21)26-28-16-20(17-29-26)25(31)27-15-19-8-6-10-22(14-19)34-2/h4-6,8,10-12,14,16-17,21H,3,7,9,13,15,18H2,1-2H3,(H,27,31). The van der Waals surface area contributed by atoms with Crippen LogP contribution in [0.3, 0.4) is 0 Å². The largest absolute Gasteiger partial charge is 0.490 e. The number of ether oxygens (including phenoxy) is 2. The van der Waals surface area contributed by atoms with Gasteiger partial charge in [-0.3, -0.25) is 4.79 Å². The Morgan fingerprint density at radius 1 is 1.15 bits per heavy atom. The lowest BCUT2D eigenvalue weighted by atomic mass is 10.1. The zero-order valence-electron chi connectivity index (χ0n) is 19.6. The summed E-state index contributed by atoms with van der Waals surface area (Å²) >= 11 is 1.68. The fourth-order valence-electron chi connectivity index (χ4n) is 3.89. The number of nitrogens with one attached hydrogen (secondary N) is 1. The Labute approximate surface area is 204 Å². The highest BCUT2D eigenvalue weighted by atomic mass is 32.2. The first-order valence-electron chi connectivity index (χ1n) is 11.5. The van der Waals surface area contributed by atoms with Gasteiger partial charge >= 0.3 is 0 Å². The molecule has 34 heavy (non-hydrogen) atoms. The molecule has 1 unspecified atom stereocenters. The molecule has 1 N–H and O–H groups in total. The van der Waals surface area contributed by atoms with Crippen LogP contribution in [0.5, 0.6) is 11.5 Å². The van der Waals surface area contributed by atoms with E-state index in [0.29, 0.717) is 31.2 Å². The summed E-state index contributed by atoms with van der Waals surface area (Å²) < 4.78 is 11.9. The molecule has 1 fully saturated rings. The Morgan fingerprint density at radius 3 is 2.71 bits per heavy atom. The van der Waals surface area contributed by atoms with E-state index in [4.69, 9.17) is 9.47 Å². The van der Waals surface area contributed by atoms with Crippen LogP contribution in [-0.4, -0.2) is 47.9 Å². The number of thioether (sulfide) groups is 1. The molecule has 1 atom stereocenters.